The van der Waals surface area contributed by atoms with Gasteiger partial charge in [0.2, 0.25) is 0 Å². The van der Waals surface area contributed by atoms with Crippen LogP contribution in [0.25, 0.3) is 11.0 Å². The lowest BCUT2D eigenvalue weighted by atomic mass is 10.1. The minimum atomic E-state index is -0.494. The second-order valence-corrected chi connectivity index (χ2v) is 6.31. The van der Waals surface area contributed by atoms with Crippen molar-refractivity contribution in [1.82, 2.24) is 0 Å². The van der Waals surface area contributed by atoms with E-state index in [9.17, 15) is 9.59 Å². The van der Waals surface area contributed by atoms with Crippen molar-refractivity contribution in [2.24, 2.45) is 0 Å². The zero-order valence-electron chi connectivity index (χ0n) is 12.9. The van der Waals surface area contributed by atoms with E-state index in [1.807, 2.05) is 6.92 Å². The van der Waals surface area contributed by atoms with Crippen molar-refractivity contribution in [3.63, 3.8) is 0 Å². The third-order valence-electron chi connectivity index (χ3n) is 3.72. The monoisotopic (exact) mass is 361 g/mol. The minimum absolute atomic E-state index is 0.0239. The van der Waals surface area contributed by atoms with Gasteiger partial charge in [-0.3, -0.25) is 9.59 Å². The number of nitrogens with one attached hydrogen (secondary N) is 1. The van der Waals surface area contributed by atoms with Crippen LogP contribution in [0.1, 0.15) is 21.7 Å². The largest absolute Gasteiger partial charge is 0.450 e. The number of rotatable bonds is 2. The topological polar surface area (TPSA) is 59.3 Å². The Morgan fingerprint density at radius 2 is 1.71 bits per heavy atom. The van der Waals surface area contributed by atoms with Gasteiger partial charge in [-0.25, -0.2) is 0 Å². The summed E-state index contributed by atoms with van der Waals surface area (Å²) in [5.74, 6) is -0.518. The first kappa shape index (κ1) is 16.6. The summed E-state index contributed by atoms with van der Waals surface area (Å²) >= 11 is 11.8. The summed E-state index contributed by atoms with van der Waals surface area (Å²) in [6.07, 6.45) is 0. The lowest BCUT2D eigenvalue weighted by Gasteiger charge is -2.10. The molecule has 0 saturated carbocycles. The Morgan fingerprint density at radius 3 is 2.42 bits per heavy atom. The third kappa shape index (κ3) is 3.03. The molecule has 1 N–H and O–H groups in total. The van der Waals surface area contributed by atoms with Gasteiger partial charge in [-0.15, -0.1) is 0 Å². The van der Waals surface area contributed by atoms with Crippen molar-refractivity contribution >= 4 is 45.8 Å². The molecule has 1 aromatic heterocycles. The molecule has 2 aromatic carbocycles. The number of fused-ring (bicyclic) bond motifs is 1. The van der Waals surface area contributed by atoms with E-state index in [0.29, 0.717) is 26.7 Å². The Morgan fingerprint density at radius 1 is 1.04 bits per heavy atom. The van der Waals surface area contributed by atoms with Crippen LogP contribution in [0.3, 0.4) is 0 Å². The first-order valence-electron chi connectivity index (χ1n) is 7.17. The van der Waals surface area contributed by atoms with Crippen molar-refractivity contribution in [3.05, 3.63) is 73.6 Å². The third-order valence-corrected chi connectivity index (χ3v) is 4.19. The number of aryl methyl sites for hydroxylation is 1. The normalized spacial score (nSPS) is 10.8. The number of halogens is 2. The molecule has 0 radical (unpaired) electrons. The standard InChI is InChI=1S/C18H13Cl2NO3/c1-9-7-11(19)3-5-14(9)21-18(23)17-10(2)16(22)13-8-12(20)4-6-15(13)24-17/h3-8H,1-2H3,(H,21,23). The van der Waals surface area contributed by atoms with Crippen LogP contribution in [0.5, 0.6) is 0 Å². The number of amides is 1. The zero-order chi connectivity index (χ0) is 17.4. The fraction of sp³-hybridized carbons (Fsp3) is 0.111. The van der Waals surface area contributed by atoms with Gasteiger partial charge in [0.25, 0.3) is 5.91 Å². The van der Waals surface area contributed by atoms with Gasteiger partial charge in [-0.05, 0) is 55.8 Å². The Balaban J connectivity index is 2.05. The van der Waals surface area contributed by atoms with Gasteiger partial charge in [0, 0.05) is 21.3 Å². The van der Waals surface area contributed by atoms with E-state index in [-0.39, 0.29) is 16.8 Å². The van der Waals surface area contributed by atoms with E-state index >= 15 is 0 Å². The van der Waals surface area contributed by atoms with Gasteiger partial charge in [-0.1, -0.05) is 23.2 Å². The van der Waals surface area contributed by atoms with Crippen LogP contribution in [0.2, 0.25) is 10.0 Å². The van der Waals surface area contributed by atoms with Gasteiger partial charge >= 0.3 is 0 Å². The highest BCUT2D eigenvalue weighted by Crippen LogP contribution is 2.23. The molecule has 0 aliphatic carbocycles. The molecule has 1 amide bonds. The molecule has 0 saturated heterocycles. The molecular formula is C18H13Cl2NO3. The molecule has 122 valence electrons. The van der Waals surface area contributed by atoms with Crippen LogP contribution in [-0.2, 0) is 0 Å². The summed E-state index contributed by atoms with van der Waals surface area (Å²) in [6.45, 7) is 3.38. The van der Waals surface area contributed by atoms with Crippen molar-refractivity contribution in [1.29, 1.82) is 0 Å². The molecule has 6 heteroatoms. The highest BCUT2D eigenvalue weighted by Gasteiger charge is 2.18. The Bertz CT molecular complexity index is 1020. The molecule has 0 atom stereocenters. The molecule has 0 spiro atoms. The number of carbonyl (C=O) groups excluding carboxylic acids is 1. The van der Waals surface area contributed by atoms with E-state index in [4.69, 9.17) is 27.6 Å². The Labute approximate surface area is 148 Å². The fourth-order valence-corrected chi connectivity index (χ4v) is 2.82. The second-order valence-electron chi connectivity index (χ2n) is 5.44. The zero-order valence-corrected chi connectivity index (χ0v) is 14.5. The number of carbonyl (C=O) groups is 1. The fourth-order valence-electron chi connectivity index (χ4n) is 2.42. The predicted octanol–water partition coefficient (Wildman–Crippen LogP) is 4.97. The molecule has 0 fully saturated rings. The summed E-state index contributed by atoms with van der Waals surface area (Å²) in [4.78, 5) is 25.0. The number of anilines is 1. The Kier molecular flexibility index (Phi) is 4.35. The van der Waals surface area contributed by atoms with Crippen molar-refractivity contribution in [3.8, 4) is 0 Å². The molecule has 0 aliphatic heterocycles. The molecule has 3 aromatic rings. The van der Waals surface area contributed by atoms with E-state index in [0.717, 1.165) is 5.56 Å². The summed E-state index contributed by atoms with van der Waals surface area (Å²) in [5.41, 5.74) is 1.67. The number of hydrogen-bond acceptors (Lipinski definition) is 3. The van der Waals surface area contributed by atoms with Gasteiger partial charge in [0.05, 0.1) is 5.39 Å². The van der Waals surface area contributed by atoms with Crippen molar-refractivity contribution in [2.45, 2.75) is 13.8 Å². The molecule has 3 rings (SSSR count). The highest BCUT2D eigenvalue weighted by atomic mass is 35.5. The highest BCUT2D eigenvalue weighted by molar-refractivity contribution is 6.31. The number of hydrogen-bond donors (Lipinski definition) is 1. The number of benzene rings is 2. The van der Waals surface area contributed by atoms with E-state index in [1.54, 1.807) is 37.3 Å². The average Bonchev–Trinajstić information content (AvgIpc) is 2.54. The first-order chi connectivity index (χ1) is 11.4. The van der Waals surface area contributed by atoms with Crippen LogP contribution >= 0.6 is 23.2 Å². The molecular weight excluding hydrogens is 349 g/mol. The molecule has 4 nitrogen and oxygen atoms in total. The SMILES string of the molecule is Cc1cc(Cl)ccc1NC(=O)c1oc2ccc(Cl)cc2c(=O)c1C. The van der Waals surface area contributed by atoms with Crippen LogP contribution < -0.4 is 10.7 Å². The van der Waals surface area contributed by atoms with E-state index in [1.165, 1.54) is 6.07 Å². The maximum atomic E-state index is 12.5. The lowest BCUT2D eigenvalue weighted by Crippen LogP contribution is -2.19. The molecule has 0 aliphatic rings. The Hall–Kier alpha value is -2.30. The minimum Gasteiger partial charge on any atom is -0.450 e. The van der Waals surface area contributed by atoms with Crippen molar-refractivity contribution in [2.75, 3.05) is 5.32 Å². The summed E-state index contributed by atoms with van der Waals surface area (Å²) in [5, 5.41) is 4.10. The summed E-state index contributed by atoms with van der Waals surface area (Å²) in [7, 11) is 0. The lowest BCUT2D eigenvalue weighted by molar-refractivity contribution is 0.0996. The quantitative estimate of drug-likeness (QED) is 0.700. The van der Waals surface area contributed by atoms with Gasteiger partial charge in [0.15, 0.2) is 11.2 Å². The predicted molar refractivity (Wildman–Crippen MR) is 96.4 cm³/mol. The summed E-state index contributed by atoms with van der Waals surface area (Å²) < 4.78 is 5.63. The van der Waals surface area contributed by atoms with Crippen LogP contribution in [0, 0.1) is 13.8 Å². The van der Waals surface area contributed by atoms with Gasteiger partial charge < -0.3 is 9.73 Å². The second kappa shape index (κ2) is 6.30. The van der Waals surface area contributed by atoms with E-state index in [2.05, 4.69) is 5.32 Å². The molecule has 1 heterocycles. The first-order valence-corrected chi connectivity index (χ1v) is 7.93. The molecule has 0 unspecified atom stereocenters. The molecule has 0 bridgehead atoms. The van der Waals surface area contributed by atoms with Crippen LogP contribution in [0.4, 0.5) is 5.69 Å². The van der Waals surface area contributed by atoms with Crippen LogP contribution in [-0.4, -0.2) is 5.91 Å². The van der Waals surface area contributed by atoms with E-state index < -0.39 is 5.91 Å². The van der Waals surface area contributed by atoms with Crippen LogP contribution in [0.15, 0.2) is 45.6 Å². The smallest absolute Gasteiger partial charge is 0.291 e. The van der Waals surface area contributed by atoms with Gasteiger partial charge in [-0.2, -0.15) is 0 Å². The maximum Gasteiger partial charge on any atom is 0.291 e. The summed E-state index contributed by atoms with van der Waals surface area (Å²) in [6, 6.07) is 9.82. The van der Waals surface area contributed by atoms with Crippen molar-refractivity contribution < 1.29 is 9.21 Å². The maximum absolute atomic E-state index is 12.5. The van der Waals surface area contributed by atoms with Gasteiger partial charge in [0.1, 0.15) is 5.58 Å². The average molecular weight is 362 g/mol. The molecule has 24 heavy (non-hydrogen) atoms.